The number of nitrogens with zero attached hydrogens (tertiary/aromatic N) is 2. The highest BCUT2D eigenvalue weighted by atomic mass is 35.5. The fraction of sp³-hybridized carbons (Fsp3) is 0.214. The van der Waals surface area contributed by atoms with Crippen molar-refractivity contribution in [1.82, 2.24) is 4.57 Å². The number of halogens is 3. The van der Waals surface area contributed by atoms with E-state index < -0.39 is 10.0 Å². The molecule has 3 rings (SSSR count). The molecule has 0 aliphatic carbocycles. The third-order valence-electron chi connectivity index (χ3n) is 3.25. The Labute approximate surface area is 167 Å². The molecule has 25 heavy (non-hydrogen) atoms. The highest BCUT2D eigenvalue weighted by Gasteiger charge is 2.19. The first-order chi connectivity index (χ1) is 11.8. The predicted octanol–water partition coefficient (Wildman–Crippen LogP) is 4.66. The van der Waals surface area contributed by atoms with Crippen molar-refractivity contribution in [3.63, 3.8) is 0 Å². The molecule has 1 aromatic carbocycles. The van der Waals surface area contributed by atoms with Gasteiger partial charge >= 0.3 is 0 Å². The lowest BCUT2D eigenvalue weighted by molar-refractivity contribution is 0.187. The van der Waals surface area contributed by atoms with Crippen LogP contribution in [0.4, 0.5) is 0 Å². The number of sulfonamides is 1. The Balaban J connectivity index is 2.28. The van der Waals surface area contributed by atoms with Crippen LogP contribution < -0.4 is 4.80 Å². The van der Waals surface area contributed by atoms with E-state index in [9.17, 15) is 8.42 Å². The molecule has 0 saturated heterocycles. The van der Waals surface area contributed by atoms with E-state index in [4.69, 9.17) is 39.5 Å². The van der Waals surface area contributed by atoms with Crippen molar-refractivity contribution in [2.24, 2.45) is 4.40 Å². The largest absolute Gasteiger partial charge is 0.383 e. The summed E-state index contributed by atoms with van der Waals surface area (Å²) < 4.78 is 37.0. The van der Waals surface area contributed by atoms with Gasteiger partial charge in [0.05, 0.1) is 31.2 Å². The smallest absolute Gasteiger partial charge is 0.294 e. The fourth-order valence-electron chi connectivity index (χ4n) is 2.16. The first kappa shape index (κ1) is 19.2. The molecule has 0 radical (unpaired) electrons. The monoisotopic (exact) mass is 456 g/mol. The lowest BCUT2D eigenvalue weighted by atomic mass is 10.3. The van der Waals surface area contributed by atoms with Crippen molar-refractivity contribution in [2.45, 2.75) is 10.8 Å². The van der Waals surface area contributed by atoms with Crippen molar-refractivity contribution in [1.29, 1.82) is 0 Å². The number of ether oxygens (including phenoxy) is 1. The summed E-state index contributed by atoms with van der Waals surface area (Å²) in [7, 11) is -2.33. The molecule has 0 aliphatic heterocycles. The zero-order valence-electron chi connectivity index (χ0n) is 12.7. The van der Waals surface area contributed by atoms with Crippen LogP contribution in [0.5, 0.6) is 0 Å². The van der Waals surface area contributed by atoms with Gasteiger partial charge in [0.15, 0.2) is 0 Å². The molecule has 2 aromatic heterocycles. The number of fused-ring (bicyclic) bond motifs is 1. The van der Waals surface area contributed by atoms with E-state index >= 15 is 0 Å². The van der Waals surface area contributed by atoms with E-state index in [1.807, 2.05) is 0 Å². The standard InChI is InChI=1S/C14H11Cl3N2O3S3/c1-22-7-6-19-12-8(15)2-3-9(16)13(12)24-14(19)18-25(20,21)11-5-4-10(17)23-11/h2-5H,6-7H2,1H3/b18-14-. The van der Waals surface area contributed by atoms with Crippen molar-refractivity contribution in [3.8, 4) is 0 Å². The molecule has 0 bridgehead atoms. The number of hydrogen-bond acceptors (Lipinski definition) is 5. The Kier molecular flexibility index (Phi) is 5.79. The van der Waals surface area contributed by atoms with E-state index in [2.05, 4.69) is 4.40 Å². The number of rotatable bonds is 5. The molecule has 0 N–H and O–H groups in total. The van der Waals surface area contributed by atoms with Gasteiger partial charge in [-0.05, 0) is 24.3 Å². The number of thiazole rings is 1. The molecular formula is C14H11Cl3N2O3S3. The van der Waals surface area contributed by atoms with Gasteiger partial charge in [0.2, 0.25) is 4.80 Å². The minimum absolute atomic E-state index is 0.0745. The summed E-state index contributed by atoms with van der Waals surface area (Å²) in [4.78, 5) is 0.270. The third kappa shape index (κ3) is 3.90. The molecule has 11 heteroatoms. The molecule has 0 saturated carbocycles. The van der Waals surface area contributed by atoms with Gasteiger partial charge in [-0.1, -0.05) is 46.1 Å². The van der Waals surface area contributed by atoms with Crippen LogP contribution in [0.2, 0.25) is 14.4 Å². The van der Waals surface area contributed by atoms with E-state index in [0.29, 0.717) is 37.7 Å². The second-order valence-electron chi connectivity index (χ2n) is 4.86. The first-order valence-corrected chi connectivity index (χ1v) is 11.1. The summed E-state index contributed by atoms with van der Waals surface area (Å²) in [5, 5.41) is 0.943. The van der Waals surface area contributed by atoms with E-state index in [1.165, 1.54) is 12.1 Å². The quantitative estimate of drug-likeness (QED) is 0.560. The number of aromatic nitrogens is 1. The zero-order chi connectivity index (χ0) is 18.2. The number of methoxy groups -OCH3 is 1. The Hall–Kier alpha value is -0.610. The second kappa shape index (κ2) is 7.56. The Morgan fingerprint density at radius 2 is 1.84 bits per heavy atom. The SMILES string of the molecule is COCCn1/c(=N/S(=O)(=O)c2ccc(Cl)s2)sc2c(Cl)ccc(Cl)c21. The number of benzene rings is 1. The molecule has 134 valence electrons. The molecule has 0 amide bonds. The van der Waals surface area contributed by atoms with Gasteiger partial charge in [-0.25, -0.2) is 0 Å². The van der Waals surface area contributed by atoms with E-state index in [1.54, 1.807) is 23.8 Å². The van der Waals surface area contributed by atoms with Gasteiger partial charge in [0.25, 0.3) is 10.0 Å². The molecular weight excluding hydrogens is 447 g/mol. The summed E-state index contributed by atoms with van der Waals surface area (Å²) in [6, 6.07) is 6.28. The third-order valence-corrected chi connectivity index (χ3v) is 8.17. The Morgan fingerprint density at radius 3 is 2.48 bits per heavy atom. The average molecular weight is 458 g/mol. The maximum atomic E-state index is 12.6. The molecule has 3 aromatic rings. The zero-order valence-corrected chi connectivity index (χ0v) is 17.4. The summed E-state index contributed by atoms with van der Waals surface area (Å²) in [5.74, 6) is 0. The van der Waals surface area contributed by atoms with Gasteiger partial charge in [-0.2, -0.15) is 8.42 Å². The minimum atomic E-state index is -3.89. The predicted molar refractivity (Wildman–Crippen MR) is 104 cm³/mol. The minimum Gasteiger partial charge on any atom is -0.383 e. The summed E-state index contributed by atoms with van der Waals surface area (Å²) >= 11 is 20.5. The maximum absolute atomic E-state index is 12.6. The van der Waals surface area contributed by atoms with Crippen molar-refractivity contribution in [2.75, 3.05) is 13.7 Å². The fourth-order valence-corrected chi connectivity index (χ4v) is 6.49. The highest BCUT2D eigenvalue weighted by Crippen LogP contribution is 2.32. The van der Waals surface area contributed by atoms with Crippen LogP contribution >= 0.6 is 57.5 Å². The molecule has 0 unspecified atom stereocenters. The Morgan fingerprint density at radius 1 is 1.12 bits per heavy atom. The van der Waals surface area contributed by atoms with Gasteiger partial charge in [0, 0.05) is 13.7 Å². The lowest BCUT2D eigenvalue weighted by Crippen LogP contribution is -2.19. The van der Waals surface area contributed by atoms with Gasteiger partial charge < -0.3 is 9.30 Å². The summed E-state index contributed by atoms with van der Waals surface area (Å²) in [6.07, 6.45) is 0. The van der Waals surface area contributed by atoms with E-state index in [0.717, 1.165) is 22.7 Å². The van der Waals surface area contributed by atoms with Gasteiger partial charge in [0.1, 0.15) is 4.21 Å². The van der Waals surface area contributed by atoms with Crippen LogP contribution in [0.25, 0.3) is 10.2 Å². The Bertz CT molecular complexity index is 1100. The van der Waals surface area contributed by atoms with Crippen LogP contribution in [-0.4, -0.2) is 26.7 Å². The lowest BCUT2D eigenvalue weighted by Gasteiger charge is -2.06. The van der Waals surface area contributed by atoms with Crippen LogP contribution in [0.15, 0.2) is 32.9 Å². The average Bonchev–Trinajstić information content (AvgIpc) is 3.14. The van der Waals surface area contributed by atoms with Crippen molar-refractivity contribution in [3.05, 3.63) is 43.4 Å². The van der Waals surface area contributed by atoms with E-state index in [-0.39, 0.29) is 9.01 Å². The molecule has 0 spiro atoms. The van der Waals surface area contributed by atoms with Crippen LogP contribution in [-0.2, 0) is 21.3 Å². The molecule has 0 aliphatic rings. The molecule has 0 fully saturated rings. The van der Waals surface area contributed by atoms with Gasteiger partial charge in [-0.3, -0.25) is 0 Å². The topological polar surface area (TPSA) is 60.7 Å². The number of thiophene rings is 1. The van der Waals surface area contributed by atoms with Crippen LogP contribution in [0.3, 0.4) is 0 Å². The molecule has 5 nitrogen and oxygen atoms in total. The molecule has 0 atom stereocenters. The van der Waals surface area contributed by atoms with Crippen molar-refractivity contribution < 1.29 is 13.2 Å². The molecule has 2 heterocycles. The number of hydrogen-bond donors (Lipinski definition) is 0. The first-order valence-electron chi connectivity index (χ1n) is 6.86. The second-order valence-corrected chi connectivity index (χ2v) is 10.2. The van der Waals surface area contributed by atoms with Crippen LogP contribution in [0.1, 0.15) is 0 Å². The summed E-state index contributed by atoms with van der Waals surface area (Å²) in [5.41, 5.74) is 0.634. The highest BCUT2D eigenvalue weighted by molar-refractivity contribution is 7.92. The maximum Gasteiger partial charge on any atom is 0.294 e. The van der Waals surface area contributed by atoms with Crippen molar-refractivity contribution >= 4 is 77.7 Å². The van der Waals surface area contributed by atoms with Gasteiger partial charge in [-0.15, -0.1) is 15.7 Å². The normalized spacial score (nSPS) is 13.0. The summed E-state index contributed by atoms with van der Waals surface area (Å²) in [6.45, 7) is 0.753. The van der Waals surface area contributed by atoms with Crippen LogP contribution in [0, 0.1) is 0 Å².